The molecule has 7 heteroatoms. The number of amides is 2. The van der Waals surface area contributed by atoms with Crippen molar-refractivity contribution in [2.75, 3.05) is 10.6 Å². The van der Waals surface area contributed by atoms with E-state index in [1.165, 1.54) is 18.2 Å². The van der Waals surface area contributed by atoms with Gasteiger partial charge in [0.05, 0.1) is 5.56 Å². The Morgan fingerprint density at radius 2 is 1.84 bits per heavy atom. The second-order valence-electron chi connectivity index (χ2n) is 5.32. The number of nitrogens with one attached hydrogen (secondary N) is 3. The molecular formula is C18H18FN3O2S. The summed E-state index contributed by atoms with van der Waals surface area (Å²) in [5, 5.41) is 8.09. The second-order valence-corrected chi connectivity index (χ2v) is 5.73. The molecule has 3 N–H and O–H groups in total. The number of aryl methyl sites for hydroxylation is 1. The van der Waals surface area contributed by atoms with E-state index in [9.17, 15) is 14.0 Å². The highest BCUT2D eigenvalue weighted by molar-refractivity contribution is 7.80. The maximum atomic E-state index is 13.6. The highest BCUT2D eigenvalue weighted by Crippen LogP contribution is 2.20. The summed E-state index contributed by atoms with van der Waals surface area (Å²) in [6, 6.07) is 10.9. The fourth-order valence-corrected chi connectivity index (χ4v) is 2.26. The fraction of sp³-hybridized carbons (Fsp3) is 0.167. The Morgan fingerprint density at radius 1 is 1.12 bits per heavy atom. The van der Waals surface area contributed by atoms with Crippen LogP contribution >= 0.6 is 12.2 Å². The molecule has 0 aromatic heterocycles. The highest BCUT2D eigenvalue weighted by Gasteiger charge is 2.12. The second kappa shape index (κ2) is 8.34. The van der Waals surface area contributed by atoms with Gasteiger partial charge in [-0.25, -0.2) is 4.39 Å². The molecule has 2 aromatic carbocycles. The number of halogens is 1. The molecule has 0 saturated heterocycles. The molecule has 2 rings (SSSR count). The van der Waals surface area contributed by atoms with E-state index in [1.807, 2.05) is 13.0 Å². The lowest BCUT2D eigenvalue weighted by Gasteiger charge is -2.13. The summed E-state index contributed by atoms with van der Waals surface area (Å²) in [4.78, 5) is 23.6. The average molecular weight is 359 g/mol. The number of hydrogen-bond acceptors (Lipinski definition) is 3. The quantitative estimate of drug-likeness (QED) is 0.730. The molecule has 0 fully saturated rings. The van der Waals surface area contributed by atoms with Crippen LogP contribution in [0.4, 0.5) is 15.8 Å². The minimum atomic E-state index is -0.637. The summed E-state index contributed by atoms with van der Waals surface area (Å²) in [6.45, 7) is 3.63. The van der Waals surface area contributed by atoms with Crippen molar-refractivity contribution in [1.29, 1.82) is 0 Å². The van der Waals surface area contributed by atoms with Gasteiger partial charge in [-0.2, -0.15) is 0 Å². The molecule has 2 amide bonds. The molecule has 0 radical (unpaired) electrons. The zero-order chi connectivity index (χ0) is 18.4. The Morgan fingerprint density at radius 3 is 2.52 bits per heavy atom. The van der Waals surface area contributed by atoms with Gasteiger partial charge in [0.2, 0.25) is 5.91 Å². The number of benzene rings is 2. The third-order valence-corrected chi connectivity index (χ3v) is 3.64. The van der Waals surface area contributed by atoms with Gasteiger partial charge in [-0.3, -0.25) is 14.9 Å². The molecule has 0 heterocycles. The van der Waals surface area contributed by atoms with Gasteiger partial charge in [0, 0.05) is 17.8 Å². The van der Waals surface area contributed by atoms with Crippen molar-refractivity contribution >= 4 is 40.5 Å². The summed E-state index contributed by atoms with van der Waals surface area (Å²) < 4.78 is 13.6. The van der Waals surface area contributed by atoms with Gasteiger partial charge in [-0.15, -0.1) is 0 Å². The average Bonchev–Trinajstić information content (AvgIpc) is 2.57. The van der Waals surface area contributed by atoms with Crippen LogP contribution in [0, 0.1) is 12.7 Å². The van der Waals surface area contributed by atoms with Gasteiger partial charge >= 0.3 is 0 Å². The van der Waals surface area contributed by atoms with Crippen molar-refractivity contribution in [2.24, 2.45) is 0 Å². The Kier molecular flexibility index (Phi) is 6.19. The van der Waals surface area contributed by atoms with E-state index in [4.69, 9.17) is 12.2 Å². The van der Waals surface area contributed by atoms with Crippen LogP contribution in [-0.2, 0) is 4.79 Å². The van der Waals surface area contributed by atoms with Crippen molar-refractivity contribution in [3.8, 4) is 0 Å². The van der Waals surface area contributed by atoms with Crippen molar-refractivity contribution < 1.29 is 14.0 Å². The van der Waals surface area contributed by atoms with Crippen molar-refractivity contribution in [3.63, 3.8) is 0 Å². The molecule has 0 unspecified atom stereocenters. The lowest BCUT2D eigenvalue weighted by Crippen LogP contribution is -2.34. The van der Waals surface area contributed by atoms with E-state index in [0.717, 1.165) is 5.56 Å². The maximum Gasteiger partial charge on any atom is 0.260 e. The van der Waals surface area contributed by atoms with E-state index in [1.54, 1.807) is 25.1 Å². The van der Waals surface area contributed by atoms with E-state index in [2.05, 4.69) is 16.0 Å². The summed E-state index contributed by atoms with van der Waals surface area (Å²) in [5.41, 5.74) is 2.05. The van der Waals surface area contributed by atoms with E-state index < -0.39 is 11.7 Å². The lowest BCUT2D eigenvalue weighted by atomic mass is 10.1. The molecule has 2 aromatic rings. The summed E-state index contributed by atoms with van der Waals surface area (Å²) in [7, 11) is 0. The van der Waals surface area contributed by atoms with Gasteiger partial charge in [-0.05, 0) is 49.0 Å². The number of thiocarbonyl (C=S) groups is 1. The molecule has 130 valence electrons. The molecule has 0 spiro atoms. The Labute approximate surface area is 150 Å². The van der Waals surface area contributed by atoms with E-state index in [0.29, 0.717) is 17.8 Å². The van der Waals surface area contributed by atoms with E-state index >= 15 is 0 Å². The summed E-state index contributed by atoms with van der Waals surface area (Å²) >= 11 is 5.09. The Bertz CT molecular complexity index is 824. The van der Waals surface area contributed by atoms with Crippen LogP contribution in [0.15, 0.2) is 42.5 Å². The molecule has 0 aliphatic carbocycles. The Hall–Kier alpha value is -2.80. The first-order chi connectivity index (χ1) is 11.9. The van der Waals surface area contributed by atoms with Crippen LogP contribution in [-0.4, -0.2) is 16.9 Å². The molecule has 0 aliphatic heterocycles. The Balaban J connectivity index is 2.05. The smallest absolute Gasteiger partial charge is 0.260 e. The van der Waals surface area contributed by atoms with Gasteiger partial charge in [0.1, 0.15) is 5.82 Å². The van der Waals surface area contributed by atoms with Crippen LogP contribution < -0.4 is 16.0 Å². The molecule has 5 nitrogen and oxygen atoms in total. The van der Waals surface area contributed by atoms with Crippen molar-refractivity contribution in [2.45, 2.75) is 20.3 Å². The normalized spacial score (nSPS) is 10.0. The minimum absolute atomic E-state index is 0.0323. The molecule has 0 bridgehead atoms. The third-order valence-electron chi connectivity index (χ3n) is 3.44. The summed E-state index contributed by atoms with van der Waals surface area (Å²) in [6.07, 6.45) is 0.369. The standard InChI is InChI=1S/C18H18FN3O2S/c1-3-16(23)21-15-10-12(9-8-11(15)2)20-18(25)22-17(24)13-6-4-5-7-14(13)19/h4-10H,3H2,1-2H3,(H,21,23)(H2,20,22,24,25). The van der Waals surface area contributed by atoms with E-state index in [-0.39, 0.29) is 16.6 Å². The first-order valence-corrected chi connectivity index (χ1v) is 8.09. The predicted molar refractivity (Wildman–Crippen MR) is 100 cm³/mol. The van der Waals surface area contributed by atoms with Crippen LogP contribution in [0.25, 0.3) is 0 Å². The number of hydrogen-bond donors (Lipinski definition) is 3. The van der Waals surface area contributed by atoms with Gasteiger partial charge in [-0.1, -0.05) is 25.1 Å². The molecular weight excluding hydrogens is 341 g/mol. The topological polar surface area (TPSA) is 70.2 Å². The molecule has 0 aliphatic rings. The zero-order valence-corrected chi connectivity index (χ0v) is 14.7. The molecule has 0 atom stereocenters. The SMILES string of the molecule is CCC(=O)Nc1cc(NC(=S)NC(=O)c2ccccc2F)ccc1C. The van der Waals surface area contributed by atoms with Crippen LogP contribution in [0.1, 0.15) is 29.3 Å². The predicted octanol–water partition coefficient (Wildman–Crippen LogP) is 3.61. The van der Waals surface area contributed by atoms with Crippen LogP contribution in [0.5, 0.6) is 0 Å². The summed E-state index contributed by atoms with van der Waals surface area (Å²) in [5.74, 6) is -1.36. The van der Waals surface area contributed by atoms with Crippen molar-refractivity contribution in [1.82, 2.24) is 5.32 Å². The number of rotatable bonds is 4. The first-order valence-electron chi connectivity index (χ1n) is 7.68. The largest absolute Gasteiger partial charge is 0.332 e. The van der Waals surface area contributed by atoms with Crippen LogP contribution in [0.2, 0.25) is 0 Å². The monoisotopic (exact) mass is 359 g/mol. The number of anilines is 2. The lowest BCUT2D eigenvalue weighted by molar-refractivity contribution is -0.115. The van der Waals surface area contributed by atoms with Gasteiger partial charge in [0.15, 0.2) is 5.11 Å². The van der Waals surface area contributed by atoms with Gasteiger partial charge < -0.3 is 10.6 Å². The maximum absolute atomic E-state index is 13.6. The fourth-order valence-electron chi connectivity index (χ4n) is 2.05. The molecule has 25 heavy (non-hydrogen) atoms. The first kappa shape index (κ1) is 18.5. The van der Waals surface area contributed by atoms with Crippen molar-refractivity contribution in [3.05, 3.63) is 59.4 Å². The van der Waals surface area contributed by atoms with Crippen LogP contribution in [0.3, 0.4) is 0 Å². The highest BCUT2D eigenvalue weighted by atomic mass is 32.1. The molecule has 0 saturated carbocycles. The number of carbonyl (C=O) groups excluding carboxylic acids is 2. The number of carbonyl (C=O) groups is 2. The zero-order valence-electron chi connectivity index (χ0n) is 13.9. The van der Waals surface area contributed by atoms with Gasteiger partial charge in [0.25, 0.3) is 5.91 Å². The minimum Gasteiger partial charge on any atom is -0.332 e. The third kappa shape index (κ3) is 5.09.